The molecule has 0 spiro atoms. The zero-order valence-electron chi connectivity index (χ0n) is 10.5. The molecule has 1 fully saturated rings. The number of thiophene rings is 1. The fourth-order valence-electron chi connectivity index (χ4n) is 2.56. The summed E-state index contributed by atoms with van der Waals surface area (Å²) in [5.74, 6) is -0.000349. The summed E-state index contributed by atoms with van der Waals surface area (Å²) < 4.78 is 0. The monoisotopic (exact) mass is 265 g/mol. The van der Waals surface area contributed by atoms with Crippen LogP contribution in [0.5, 0.6) is 0 Å². The van der Waals surface area contributed by atoms with Crippen LogP contribution in [0, 0.1) is 0 Å². The lowest BCUT2D eigenvalue weighted by molar-refractivity contribution is 0.0911. The van der Waals surface area contributed by atoms with Gasteiger partial charge in [-0.05, 0) is 50.2 Å². The van der Waals surface area contributed by atoms with E-state index in [9.17, 15) is 9.90 Å². The van der Waals surface area contributed by atoms with Gasteiger partial charge in [0.05, 0.1) is 17.0 Å². The van der Waals surface area contributed by atoms with Gasteiger partial charge in [-0.3, -0.25) is 4.79 Å². The second-order valence-electron chi connectivity index (χ2n) is 5.51. The lowest BCUT2D eigenvalue weighted by Gasteiger charge is -2.12. The Morgan fingerprint density at radius 3 is 2.83 bits per heavy atom. The smallest absolute Gasteiger partial charge is 0.261 e. The predicted octanol–water partition coefficient (Wildman–Crippen LogP) is 2.27. The summed E-state index contributed by atoms with van der Waals surface area (Å²) in [4.78, 5) is 14.4. The summed E-state index contributed by atoms with van der Waals surface area (Å²) in [6.07, 6.45) is 7.83. The van der Waals surface area contributed by atoms with Crippen molar-refractivity contribution in [3.8, 4) is 0 Å². The van der Waals surface area contributed by atoms with Crippen LogP contribution in [0.2, 0.25) is 0 Å². The number of hydrogen-bond acceptors (Lipinski definition) is 3. The quantitative estimate of drug-likeness (QED) is 0.824. The number of carbonyl (C=O) groups is 1. The number of carbonyl (C=O) groups excluding carboxylic acids is 1. The summed E-state index contributed by atoms with van der Waals surface area (Å²) in [6, 6.07) is 2.06. The van der Waals surface area contributed by atoms with Crippen molar-refractivity contribution in [2.45, 2.75) is 50.5 Å². The molecule has 0 aliphatic heterocycles. The van der Waals surface area contributed by atoms with Gasteiger partial charge >= 0.3 is 0 Å². The predicted molar refractivity (Wildman–Crippen MR) is 72.1 cm³/mol. The van der Waals surface area contributed by atoms with Gasteiger partial charge in [0.15, 0.2) is 0 Å². The van der Waals surface area contributed by atoms with Gasteiger partial charge < -0.3 is 10.4 Å². The van der Waals surface area contributed by atoms with Crippen LogP contribution in [0.15, 0.2) is 6.07 Å². The third kappa shape index (κ3) is 2.31. The van der Waals surface area contributed by atoms with Crippen molar-refractivity contribution in [3.63, 3.8) is 0 Å². The van der Waals surface area contributed by atoms with Gasteiger partial charge in [0.25, 0.3) is 5.91 Å². The van der Waals surface area contributed by atoms with E-state index in [1.165, 1.54) is 29.7 Å². The maximum atomic E-state index is 12.2. The molecule has 1 aromatic heterocycles. The number of fused-ring (bicyclic) bond motifs is 1. The molecule has 0 saturated heterocycles. The van der Waals surface area contributed by atoms with E-state index in [1.54, 1.807) is 11.3 Å². The SMILES string of the molecule is O=C(NC1(CO)CC1)c1cc2c(s1)CCCCC2. The maximum Gasteiger partial charge on any atom is 0.261 e. The summed E-state index contributed by atoms with van der Waals surface area (Å²) >= 11 is 1.64. The molecule has 0 unspecified atom stereocenters. The van der Waals surface area contributed by atoms with Gasteiger partial charge in [0, 0.05) is 4.88 Å². The van der Waals surface area contributed by atoms with Gasteiger partial charge in [-0.2, -0.15) is 0 Å². The summed E-state index contributed by atoms with van der Waals surface area (Å²) in [5, 5.41) is 12.2. The Hall–Kier alpha value is -0.870. The van der Waals surface area contributed by atoms with Gasteiger partial charge in [-0.15, -0.1) is 11.3 Å². The Labute approximate surface area is 111 Å². The normalized spacial score (nSPS) is 20.9. The van der Waals surface area contributed by atoms with E-state index in [0.29, 0.717) is 0 Å². The molecular weight excluding hydrogens is 246 g/mol. The van der Waals surface area contributed by atoms with Crippen molar-refractivity contribution < 1.29 is 9.90 Å². The van der Waals surface area contributed by atoms with Crippen LogP contribution in [0.4, 0.5) is 0 Å². The van der Waals surface area contributed by atoms with E-state index in [4.69, 9.17) is 0 Å². The number of aryl methyl sites for hydroxylation is 2. The fraction of sp³-hybridized carbons (Fsp3) is 0.643. The van der Waals surface area contributed by atoms with Crippen molar-refractivity contribution in [1.29, 1.82) is 0 Å². The topological polar surface area (TPSA) is 49.3 Å². The Morgan fingerprint density at radius 1 is 1.33 bits per heavy atom. The van der Waals surface area contributed by atoms with Crippen LogP contribution in [0.1, 0.15) is 52.2 Å². The number of rotatable bonds is 3. The lowest BCUT2D eigenvalue weighted by Crippen LogP contribution is -2.39. The molecule has 1 aromatic rings. The maximum absolute atomic E-state index is 12.2. The molecule has 0 atom stereocenters. The molecule has 2 aliphatic carbocycles. The van der Waals surface area contributed by atoms with Crippen LogP contribution in [0.3, 0.4) is 0 Å². The highest BCUT2D eigenvalue weighted by Gasteiger charge is 2.43. The molecule has 3 nitrogen and oxygen atoms in total. The number of aliphatic hydroxyl groups is 1. The first-order valence-electron chi connectivity index (χ1n) is 6.77. The van der Waals surface area contributed by atoms with E-state index in [0.717, 1.165) is 30.6 Å². The molecule has 0 aromatic carbocycles. The van der Waals surface area contributed by atoms with Crippen LogP contribution in [-0.2, 0) is 12.8 Å². The Kier molecular flexibility index (Phi) is 3.16. The zero-order chi connectivity index (χ0) is 12.6. The van der Waals surface area contributed by atoms with Gasteiger partial charge in [0.2, 0.25) is 0 Å². The number of nitrogens with one attached hydrogen (secondary N) is 1. The fourth-order valence-corrected chi connectivity index (χ4v) is 3.70. The van der Waals surface area contributed by atoms with Crippen molar-refractivity contribution >= 4 is 17.2 Å². The van der Waals surface area contributed by atoms with Crippen LogP contribution >= 0.6 is 11.3 Å². The Balaban J connectivity index is 1.74. The number of amides is 1. The van der Waals surface area contributed by atoms with Crippen molar-refractivity contribution in [3.05, 3.63) is 21.4 Å². The average molecular weight is 265 g/mol. The molecule has 3 rings (SSSR count). The average Bonchev–Trinajstić information content (AvgIpc) is 3.09. The lowest BCUT2D eigenvalue weighted by atomic mass is 10.1. The zero-order valence-corrected chi connectivity index (χ0v) is 11.3. The summed E-state index contributed by atoms with van der Waals surface area (Å²) in [6.45, 7) is 0.0594. The first-order valence-corrected chi connectivity index (χ1v) is 7.59. The van der Waals surface area contributed by atoms with Crippen molar-refractivity contribution in [1.82, 2.24) is 5.32 Å². The van der Waals surface area contributed by atoms with Gasteiger partial charge in [0.1, 0.15) is 0 Å². The highest BCUT2D eigenvalue weighted by Crippen LogP contribution is 2.36. The molecule has 18 heavy (non-hydrogen) atoms. The minimum atomic E-state index is -0.307. The molecule has 4 heteroatoms. The third-order valence-corrected chi connectivity index (χ3v) is 5.24. The van der Waals surface area contributed by atoms with Gasteiger partial charge in [-0.1, -0.05) is 6.42 Å². The number of aliphatic hydroxyl groups excluding tert-OH is 1. The van der Waals surface area contributed by atoms with Crippen LogP contribution in [-0.4, -0.2) is 23.2 Å². The molecule has 0 radical (unpaired) electrons. The highest BCUT2D eigenvalue weighted by atomic mass is 32.1. The molecule has 1 saturated carbocycles. The Bertz CT molecular complexity index is 439. The second kappa shape index (κ2) is 4.67. The van der Waals surface area contributed by atoms with E-state index in [2.05, 4.69) is 11.4 Å². The molecule has 2 aliphatic rings. The highest BCUT2D eigenvalue weighted by molar-refractivity contribution is 7.14. The molecule has 2 N–H and O–H groups in total. The first-order chi connectivity index (χ1) is 8.72. The van der Waals surface area contributed by atoms with E-state index in [1.807, 2.05) is 0 Å². The summed E-state index contributed by atoms with van der Waals surface area (Å²) in [5.41, 5.74) is 1.06. The van der Waals surface area contributed by atoms with E-state index in [-0.39, 0.29) is 18.1 Å². The molecule has 1 heterocycles. The second-order valence-corrected chi connectivity index (χ2v) is 6.65. The van der Waals surface area contributed by atoms with Crippen molar-refractivity contribution in [2.75, 3.05) is 6.61 Å². The number of hydrogen-bond donors (Lipinski definition) is 2. The van der Waals surface area contributed by atoms with Crippen molar-refractivity contribution in [2.24, 2.45) is 0 Å². The largest absolute Gasteiger partial charge is 0.394 e. The van der Waals surface area contributed by atoms with Crippen LogP contribution in [0.25, 0.3) is 0 Å². The minimum absolute atomic E-state index is 0.000349. The van der Waals surface area contributed by atoms with Gasteiger partial charge in [-0.25, -0.2) is 0 Å². The van der Waals surface area contributed by atoms with E-state index >= 15 is 0 Å². The molecule has 1 amide bonds. The Morgan fingerprint density at radius 2 is 2.11 bits per heavy atom. The van der Waals surface area contributed by atoms with E-state index < -0.39 is 0 Å². The first kappa shape index (κ1) is 12.2. The molecule has 0 bridgehead atoms. The standard InChI is InChI=1S/C14H19NO2S/c16-9-14(6-7-14)15-13(17)12-8-10-4-2-1-3-5-11(10)18-12/h8,16H,1-7,9H2,(H,15,17). The minimum Gasteiger partial charge on any atom is -0.394 e. The molecular formula is C14H19NO2S. The molecule has 98 valence electrons. The summed E-state index contributed by atoms with van der Waals surface area (Å²) in [7, 11) is 0. The van der Waals surface area contributed by atoms with Crippen LogP contribution < -0.4 is 5.32 Å². The third-order valence-electron chi connectivity index (χ3n) is 4.01.